The number of aryl methyl sites for hydroxylation is 1. The number of ketones is 1. The number of Topliss-reactive ketones (excluding diaryl/α,β-unsaturated/α-hetero) is 1. The molecule has 0 spiro atoms. The van der Waals surface area contributed by atoms with Crippen LogP contribution in [-0.2, 0) is 4.74 Å². The van der Waals surface area contributed by atoms with Gasteiger partial charge in [0.05, 0.1) is 6.61 Å². The molecule has 2 rings (SSSR count). The van der Waals surface area contributed by atoms with E-state index in [1.165, 1.54) is 5.56 Å². The molecule has 0 radical (unpaired) electrons. The molecule has 2 nitrogen and oxygen atoms in total. The van der Waals surface area contributed by atoms with Crippen molar-refractivity contribution in [1.29, 1.82) is 0 Å². The average molecular weight is 206 g/mol. The normalized spacial score (nSPS) is 18.5. The highest BCUT2D eigenvalue weighted by Gasteiger charge is 2.26. The number of benzene rings is 1. The third-order valence-electron chi connectivity index (χ3n) is 2.33. The lowest BCUT2D eigenvalue weighted by Crippen LogP contribution is -2.34. The molecule has 0 aromatic heterocycles. The van der Waals surface area contributed by atoms with Gasteiger partial charge in [0.25, 0.3) is 0 Å². The molecule has 1 saturated heterocycles. The molecule has 1 fully saturated rings. The molecule has 0 saturated carbocycles. The first-order chi connectivity index (χ1) is 7.27. The van der Waals surface area contributed by atoms with Gasteiger partial charge in [0.2, 0.25) is 0 Å². The number of hydrogen-bond acceptors (Lipinski definition) is 2. The van der Waals surface area contributed by atoms with Crippen LogP contribution in [0.1, 0.15) is 36.2 Å². The van der Waals surface area contributed by atoms with Crippen LogP contribution in [0.4, 0.5) is 0 Å². The Kier molecular flexibility index (Phi) is 4.50. The van der Waals surface area contributed by atoms with Crippen molar-refractivity contribution in [1.82, 2.24) is 0 Å². The highest BCUT2D eigenvalue weighted by molar-refractivity contribution is 5.99. The molecular weight excluding hydrogens is 188 g/mol. The van der Waals surface area contributed by atoms with E-state index in [0.717, 1.165) is 18.6 Å². The van der Waals surface area contributed by atoms with Gasteiger partial charge in [-0.2, -0.15) is 0 Å². The second kappa shape index (κ2) is 5.66. The maximum atomic E-state index is 11.6. The van der Waals surface area contributed by atoms with Gasteiger partial charge in [-0.3, -0.25) is 4.79 Å². The molecule has 1 aromatic carbocycles. The third kappa shape index (κ3) is 2.90. The second-order valence-electron chi connectivity index (χ2n) is 3.38. The number of rotatable bonds is 2. The van der Waals surface area contributed by atoms with Crippen molar-refractivity contribution < 1.29 is 9.53 Å². The maximum Gasteiger partial charge on any atom is 0.191 e. The van der Waals surface area contributed by atoms with E-state index in [2.05, 4.69) is 0 Å². The zero-order valence-electron chi connectivity index (χ0n) is 9.62. The predicted octanol–water partition coefficient (Wildman–Crippen LogP) is 2.99. The van der Waals surface area contributed by atoms with E-state index in [1.807, 2.05) is 45.0 Å². The smallest absolute Gasteiger partial charge is 0.191 e. The Labute approximate surface area is 91.3 Å². The first-order valence-electron chi connectivity index (χ1n) is 5.50. The molecule has 1 aromatic rings. The molecule has 2 heteroatoms. The Morgan fingerprint density at radius 1 is 1.27 bits per heavy atom. The van der Waals surface area contributed by atoms with Crippen molar-refractivity contribution in [2.75, 3.05) is 6.61 Å². The lowest BCUT2D eigenvalue weighted by molar-refractivity contribution is -0.0318. The van der Waals surface area contributed by atoms with E-state index >= 15 is 0 Å². The van der Waals surface area contributed by atoms with E-state index in [9.17, 15) is 4.79 Å². The summed E-state index contributed by atoms with van der Waals surface area (Å²) in [4.78, 5) is 11.6. The third-order valence-corrected chi connectivity index (χ3v) is 2.33. The highest BCUT2D eigenvalue weighted by Crippen LogP contribution is 2.17. The highest BCUT2D eigenvalue weighted by atomic mass is 16.5. The Morgan fingerprint density at radius 3 is 2.20 bits per heavy atom. The predicted molar refractivity (Wildman–Crippen MR) is 61.2 cm³/mol. The molecule has 1 aliphatic rings. The van der Waals surface area contributed by atoms with Gasteiger partial charge in [-0.25, -0.2) is 0 Å². The Morgan fingerprint density at radius 2 is 1.80 bits per heavy atom. The largest absolute Gasteiger partial charge is 0.370 e. The summed E-state index contributed by atoms with van der Waals surface area (Å²) >= 11 is 0. The minimum atomic E-state index is -0.178. The molecule has 0 amide bonds. The van der Waals surface area contributed by atoms with E-state index in [-0.39, 0.29) is 11.9 Å². The zero-order valence-corrected chi connectivity index (χ0v) is 9.62. The SMILES string of the molecule is CC.Cc1ccc(C(=O)C2CCO2)cc1. The monoisotopic (exact) mass is 206 g/mol. The molecule has 1 unspecified atom stereocenters. The Balaban J connectivity index is 0.000000531. The van der Waals surface area contributed by atoms with Gasteiger partial charge < -0.3 is 4.74 Å². The lowest BCUT2D eigenvalue weighted by atomic mass is 10.0. The van der Waals surface area contributed by atoms with E-state index < -0.39 is 0 Å². The molecule has 1 aliphatic heterocycles. The van der Waals surface area contributed by atoms with Crippen molar-refractivity contribution in [2.45, 2.75) is 33.3 Å². The fourth-order valence-corrected chi connectivity index (χ4v) is 1.35. The number of hydrogen-bond donors (Lipinski definition) is 0. The van der Waals surface area contributed by atoms with Crippen molar-refractivity contribution >= 4 is 5.78 Å². The minimum absolute atomic E-state index is 0.117. The number of carbonyl (C=O) groups is 1. The summed E-state index contributed by atoms with van der Waals surface area (Å²) in [6.45, 7) is 6.73. The van der Waals surface area contributed by atoms with Crippen molar-refractivity contribution in [3.05, 3.63) is 35.4 Å². The summed E-state index contributed by atoms with van der Waals surface area (Å²) < 4.78 is 5.13. The quantitative estimate of drug-likeness (QED) is 0.695. The summed E-state index contributed by atoms with van der Waals surface area (Å²) in [5.74, 6) is 0.117. The van der Waals surface area contributed by atoms with Crippen molar-refractivity contribution in [3.63, 3.8) is 0 Å². The molecule has 1 atom stereocenters. The molecular formula is C13H18O2. The summed E-state index contributed by atoms with van der Waals surface area (Å²) in [5, 5.41) is 0. The lowest BCUT2D eigenvalue weighted by Gasteiger charge is -2.24. The fraction of sp³-hybridized carbons (Fsp3) is 0.462. The maximum absolute atomic E-state index is 11.6. The molecule has 82 valence electrons. The van der Waals surface area contributed by atoms with Gasteiger partial charge in [-0.15, -0.1) is 0 Å². The minimum Gasteiger partial charge on any atom is -0.370 e. The Bertz CT molecular complexity index is 310. The average Bonchev–Trinajstić information content (AvgIpc) is 2.19. The second-order valence-corrected chi connectivity index (χ2v) is 3.38. The Hall–Kier alpha value is -1.15. The standard InChI is InChI=1S/C11H12O2.C2H6/c1-8-2-4-9(5-3-8)11(12)10-6-7-13-10;1-2/h2-5,10H,6-7H2,1H3;1-2H3. The molecule has 0 N–H and O–H groups in total. The topological polar surface area (TPSA) is 26.3 Å². The fourth-order valence-electron chi connectivity index (χ4n) is 1.35. The van der Waals surface area contributed by atoms with Crippen molar-refractivity contribution in [3.8, 4) is 0 Å². The van der Waals surface area contributed by atoms with Crippen LogP contribution in [0.3, 0.4) is 0 Å². The molecule has 1 heterocycles. The van der Waals surface area contributed by atoms with Gasteiger partial charge in [0.15, 0.2) is 5.78 Å². The van der Waals surface area contributed by atoms with Gasteiger partial charge in [0.1, 0.15) is 6.10 Å². The van der Waals surface area contributed by atoms with Crippen LogP contribution in [-0.4, -0.2) is 18.5 Å². The van der Waals surface area contributed by atoms with E-state index in [0.29, 0.717) is 0 Å². The molecule has 15 heavy (non-hydrogen) atoms. The first kappa shape index (κ1) is 11.9. The number of ether oxygens (including phenoxy) is 1. The molecule has 0 aliphatic carbocycles. The molecule has 0 bridgehead atoms. The summed E-state index contributed by atoms with van der Waals surface area (Å²) in [6.07, 6.45) is 0.690. The van der Waals surface area contributed by atoms with Gasteiger partial charge >= 0.3 is 0 Å². The van der Waals surface area contributed by atoms with Gasteiger partial charge in [0, 0.05) is 12.0 Å². The van der Waals surface area contributed by atoms with Crippen LogP contribution < -0.4 is 0 Å². The zero-order chi connectivity index (χ0) is 11.3. The number of carbonyl (C=O) groups excluding carboxylic acids is 1. The van der Waals surface area contributed by atoms with E-state index in [4.69, 9.17) is 4.74 Å². The van der Waals surface area contributed by atoms with Crippen LogP contribution in [0.5, 0.6) is 0 Å². The van der Waals surface area contributed by atoms with Crippen LogP contribution in [0.2, 0.25) is 0 Å². The summed E-state index contributed by atoms with van der Waals surface area (Å²) in [6, 6.07) is 7.62. The summed E-state index contributed by atoms with van der Waals surface area (Å²) in [7, 11) is 0. The summed E-state index contributed by atoms with van der Waals surface area (Å²) in [5.41, 5.74) is 1.93. The first-order valence-corrected chi connectivity index (χ1v) is 5.50. The van der Waals surface area contributed by atoms with Crippen LogP contribution >= 0.6 is 0 Å². The van der Waals surface area contributed by atoms with Crippen LogP contribution in [0.15, 0.2) is 24.3 Å². The van der Waals surface area contributed by atoms with Crippen molar-refractivity contribution in [2.24, 2.45) is 0 Å². The van der Waals surface area contributed by atoms with Crippen LogP contribution in [0.25, 0.3) is 0 Å². The van der Waals surface area contributed by atoms with Gasteiger partial charge in [-0.05, 0) is 6.92 Å². The van der Waals surface area contributed by atoms with Gasteiger partial charge in [-0.1, -0.05) is 43.7 Å². The van der Waals surface area contributed by atoms with Crippen LogP contribution in [0, 0.1) is 6.92 Å². The van der Waals surface area contributed by atoms with E-state index in [1.54, 1.807) is 0 Å².